The molecule has 0 saturated heterocycles. The van der Waals surface area contributed by atoms with E-state index in [0.29, 0.717) is 80.5 Å². The SMILES string of the molecule is CC(C)(O)c1ccc2nc(NC(=O)CC3CC(C)(F)C3(F)F)n(C3(C)CCC3)c2c1.CC(O)(CC(=O)Nc1nc2cc(F)c(C#N)cc2n1C1(C)CCC1)c1ccccc1F.CC(O)(CC(=O)Nc1nc2ccc(OC(F)F)c(F)c2n1C1(C)CCC1)c1ccccc1.CC(O)(CC(=O)Nc1nc2cccc(C#N)c2n1C1(C)CCC1)c1ccccc1.[C-]#[N+]c1cc(F)c2nc(NC(=O)[C@H]3CC3(C)C)n(C(C)(C)C)c2c1. The minimum atomic E-state index is -3.51. The summed E-state index contributed by atoms with van der Waals surface area (Å²) in [6.45, 7) is 30.8. The molecule has 19 rings (SSSR count). The fraction of sp³-hybridized carbons (Fsp3) is 0.440. The second-order valence-corrected chi connectivity index (χ2v) is 43.4. The first-order valence-electron chi connectivity index (χ1n) is 48.6. The van der Waals surface area contributed by atoms with Crippen LogP contribution in [-0.4, -0.2) is 116 Å². The molecule has 6 aliphatic carbocycles. The van der Waals surface area contributed by atoms with Gasteiger partial charge in [0.1, 0.15) is 40.6 Å². The zero-order valence-electron chi connectivity index (χ0n) is 83.9. The second kappa shape index (κ2) is 39.7. The molecule has 0 bridgehead atoms. The van der Waals surface area contributed by atoms with Crippen LogP contribution in [0.3, 0.4) is 0 Å². The van der Waals surface area contributed by atoms with Crippen LogP contribution in [0.2, 0.25) is 0 Å². The molecule has 5 aromatic heterocycles. The van der Waals surface area contributed by atoms with Crippen LogP contribution < -0.4 is 31.3 Å². The summed E-state index contributed by atoms with van der Waals surface area (Å²) in [7, 11) is 0. The summed E-state index contributed by atoms with van der Waals surface area (Å²) >= 11 is 0. The highest BCUT2D eigenvalue weighted by Gasteiger charge is 2.67. The van der Waals surface area contributed by atoms with E-state index >= 15 is 4.39 Å². The molecule has 0 aliphatic heterocycles. The first-order chi connectivity index (χ1) is 68.4. The second-order valence-electron chi connectivity index (χ2n) is 43.4. The summed E-state index contributed by atoms with van der Waals surface area (Å²) < 4.78 is 138. The third-order valence-corrected chi connectivity index (χ3v) is 29.4. The van der Waals surface area contributed by atoms with E-state index in [9.17, 15) is 90.0 Å². The molecule has 5 heterocycles. The molecular weight excluding hydrogens is 1890 g/mol. The van der Waals surface area contributed by atoms with Crippen molar-refractivity contribution in [2.24, 2.45) is 17.3 Å². The van der Waals surface area contributed by atoms with Crippen molar-refractivity contribution < 1.29 is 88.6 Å². The molecule has 5 amide bonds. The normalized spacial score (nSPS) is 19.5. The van der Waals surface area contributed by atoms with E-state index in [1.807, 2.05) is 105 Å². The van der Waals surface area contributed by atoms with E-state index in [-0.39, 0.29) is 104 Å². The molecule has 0 spiro atoms. The Balaban J connectivity index is 0.000000137. The first kappa shape index (κ1) is 106. The number of alkyl halides is 5. The number of fused-ring (bicyclic) bond motifs is 5. The van der Waals surface area contributed by atoms with E-state index in [4.69, 9.17) is 6.57 Å². The summed E-state index contributed by atoms with van der Waals surface area (Å²) in [5.41, 5.74) is -2.51. The molecule has 28 nitrogen and oxygen atoms in total. The van der Waals surface area contributed by atoms with Gasteiger partial charge in [-0.05, 0) is 263 Å². The Morgan fingerprint density at radius 3 is 1.38 bits per heavy atom. The van der Waals surface area contributed by atoms with Crippen LogP contribution >= 0.6 is 0 Å². The Morgan fingerprint density at radius 2 is 0.925 bits per heavy atom. The van der Waals surface area contributed by atoms with E-state index in [1.165, 1.54) is 56.3 Å². The van der Waals surface area contributed by atoms with Crippen LogP contribution in [-0.2, 0) is 74.1 Å². The van der Waals surface area contributed by atoms with Crippen molar-refractivity contribution in [2.75, 3.05) is 26.6 Å². The number of rotatable bonds is 24. The highest BCUT2D eigenvalue weighted by Crippen LogP contribution is 2.57. The number of para-hydroxylation sites is 1. The molecule has 6 saturated carbocycles. The van der Waals surface area contributed by atoms with Gasteiger partial charge in [0.2, 0.25) is 59.3 Å². The molecule has 13 aromatic rings. The standard InChI is InChI=1S/C23H24F3N3O3.C23H22F2N4O2.C23H24N4O2.C22H28F3N3O2.C18H21FN4O/c1-22(11-6-12-22)29-19-15(9-10-16(18(19)24)32-20(25)26)27-21(29)28-17(30)13-23(2,31)14-7-4-3-5-8-14;1-22(8-5-9-22)29-19-10-14(13-26)17(25)11-18(19)27-21(29)28-20(30)12-23(2,31)15-6-3-4-7-16(15)24;1-22(12-7-13-22)27-20-16(15-24)8-6-11-18(20)25-21(27)26-19(28)14-23(2,29)17-9-4-3-5-10-17;1-19(2,30)13-6-7-15-16(10-13)28(20(3)8-5-9-20)18(26-15)27-17(29)11-14-12-21(4,23)22(14,24)25;1-17(2,3)23-13-8-10(20-6)7-12(19)14(13)21-16(23)22-15(24)11-9-18(11,4)5/h3-5,7-10,20,31H,6,11-13H2,1-2H3,(H,27,28,30);3-4,6-7,10-11,31H,5,8-9,12H2,1-2H3,(H,27,28,30);3-6,8-11,29H,7,12-14H2,1-2H3,(H,25,26,28);6-7,10,14,30H,5,8-9,11-12H2,1-4H3,(H,26,27,29);7-8,11H,9H2,1-5H3,(H,21,22,24)/t;;;;11-/m....1/s1. The number of hydrogen-bond acceptors (Lipinski definition) is 17. The van der Waals surface area contributed by atoms with Crippen LogP contribution in [0.25, 0.3) is 60.0 Å². The largest absolute Gasteiger partial charge is 0.432 e. The molecular formula is C109H119F9N18O10. The van der Waals surface area contributed by atoms with Crippen LogP contribution in [0.15, 0.2) is 158 Å². The number of nitrogens with one attached hydrogen (secondary N) is 5. The number of anilines is 5. The average Bonchev–Trinajstić information content (AvgIpc) is 1.36. The van der Waals surface area contributed by atoms with E-state index < -0.39 is 117 Å². The zero-order chi connectivity index (χ0) is 106. The van der Waals surface area contributed by atoms with Crippen molar-refractivity contribution in [1.29, 1.82) is 10.5 Å². The molecule has 6 fully saturated rings. The molecule has 6 atom stereocenters. The van der Waals surface area contributed by atoms with E-state index in [1.54, 1.807) is 103 Å². The van der Waals surface area contributed by atoms with Gasteiger partial charge >= 0.3 is 6.61 Å². The number of aliphatic hydroxyl groups is 4. The number of carbonyl (C=O) groups excluding carboxylic acids is 5. The van der Waals surface area contributed by atoms with Crippen LogP contribution in [0, 0.1) is 69.8 Å². The highest BCUT2D eigenvalue weighted by atomic mass is 19.3. The first-order valence-corrected chi connectivity index (χ1v) is 48.6. The Hall–Kier alpha value is -14.1. The van der Waals surface area contributed by atoms with Crippen LogP contribution in [0.5, 0.6) is 5.75 Å². The molecule has 9 N–H and O–H groups in total. The maximum Gasteiger partial charge on any atom is 0.387 e. The number of hydrogen-bond donors (Lipinski definition) is 9. The summed E-state index contributed by atoms with van der Waals surface area (Å²) in [6, 6.07) is 46.5. The Labute approximate surface area is 838 Å². The van der Waals surface area contributed by atoms with Crippen LogP contribution in [0.1, 0.15) is 253 Å². The predicted molar refractivity (Wildman–Crippen MR) is 535 cm³/mol. The van der Waals surface area contributed by atoms with Gasteiger partial charge in [-0.25, -0.2) is 60.5 Å². The zero-order valence-corrected chi connectivity index (χ0v) is 83.9. The minimum Gasteiger partial charge on any atom is -0.432 e. The monoisotopic (exact) mass is 2010 g/mol. The minimum absolute atomic E-state index is 0.00419. The van der Waals surface area contributed by atoms with Gasteiger partial charge in [-0.15, -0.1) is 0 Å². The number of ether oxygens (including phenoxy) is 1. The predicted octanol–water partition coefficient (Wildman–Crippen LogP) is 22.6. The van der Waals surface area contributed by atoms with Crippen molar-refractivity contribution in [3.05, 3.63) is 226 Å². The molecule has 0 radical (unpaired) electrons. The van der Waals surface area contributed by atoms with Crippen molar-refractivity contribution in [1.82, 2.24) is 47.8 Å². The number of imidazole rings is 5. The highest BCUT2D eigenvalue weighted by molar-refractivity contribution is 5.98. The topological polar surface area (TPSA) is 377 Å². The summed E-state index contributed by atoms with van der Waals surface area (Å²) in [5, 5.41) is 75.3. The number of halogens is 9. The van der Waals surface area contributed by atoms with Gasteiger partial charge in [0.25, 0.3) is 5.92 Å². The summed E-state index contributed by atoms with van der Waals surface area (Å²) in [4.78, 5) is 88.9. The maximum atomic E-state index is 15.2. The van der Waals surface area contributed by atoms with Gasteiger partial charge in [0, 0.05) is 57.6 Å². The van der Waals surface area contributed by atoms with Crippen LogP contribution in [0.4, 0.5) is 74.9 Å². The van der Waals surface area contributed by atoms with Gasteiger partial charge in [-0.2, -0.15) is 19.3 Å². The number of benzene rings is 8. The fourth-order valence-corrected chi connectivity index (χ4v) is 20.2. The molecule has 146 heavy (non-hydrogen) atoms. The summed E-state index contributed by atoms with van der Waals surface area (Å²) in [6.07, 6.45) is 10.2. The molecule has 37 heteroatoms. The number of amides is 5. The van der Waals surface area contributed by atoms with Gasteiger partial charge in [0.15, 0.2) is 22.9 Å². The Bertz CT molecular complexity index is 7360. The Morgan fingerprint density at radius 1 is 0.473 bits per heavy atom. The molecule has 6 aliphatic rings. The average molecular weight is 2010 g/mol. The molecule has 768 valence electrons. The lowest BCUT2D eigenvalue weighted by Crippen LogP contribution is -2.60. The van der Waals surface area contributed by atoms with E-state index in [2.05, 4.69) is 81.0 Å². The lowest BCUT2D eigenvalue weighted by atomic mass is 9.67. The van der Waals surface area contributed by atoms with Gasteiger partial charge in [-0.3, -0.25) is 50.6 Å². The van der Waals surface area contributed by atoms with Gasteiger partial charge < -0.3 is 48.0 Å². The van der Waals surface area contributed by atoms with Crippen molar-refractivity contribution in [3.8, 4) is 17.9 Å². The number of nitrogens with zero attached hydrogens (tertiary/aromatic N) is 13. The Kier molecular flexibility index (Phi) is 28.9. The van der Waals surface area contributed by atoms with Crippen molar-refractivity contribution in [2.45, 2.75) is 288 Å². The lowest BCUT2D eigenvalue weighted by molar-refractivity contribution is -0.248. The fourth-order valence-electron chi connectivity index (χ4n) is 20.2. The third kappa shape index (κ3) is 21.5. The number of carbonyl (C=O) groups is 5. The molecule has 8 aromatic carbocycles. The third-order valence-electron chi connectivity index (χ3n) is 29.4. The molecule has 5 unspecified atom stereocenters. The van der Waals surface area contributed by atoms with Gasteiger partial charge in [0.05, 0.1) is 103 Å². The quantitative estimate of drug-likeness (QED) is 0.0200. The smallest absolute Gasteiger partial charge is 0.387 e. The maximum absolute atomic E-state index is 15.2. The number of nitriles is 2. The van der Waals surface area contributed by atoms with E-state index in [0.717, 1.165) is 94.7 Å². The van der Waals surface area contributed by atoms with Crippen molar-refractivity contribution >= 4 is 120 Å². The number of aromatic nitrogens is 10. The lowest BCUT2D eigenvalue weighted by Gasteiger charge is -2.47. The van der Waals surface area contributed by atoms with Gasteiger partial charge in [-0.1, -0.05) is 105 Å². The summed E-state index contributed by atoms with van der Waals surface area (Å²) in [5.74, 6) is -8.96. The van der Waals surface area contributed by atoms with Crippen molar-refractivity contribution in [3.63, 3.8) is 0 Å².